The van der Waals surface area contributed by atoms with Gasteiger partial charge in [0.2, 0.25) is 5.91 Å². The molecule has 2 unspecified atom stereocenters. The van der Waals surface area contributed by atoms with E-state index in [0.29, 0.717) is 45.6 Å². The van der Waals surface area contributed by atoms with E-state index < -0.39 is 11.8 Å². The van der Waals surface area contributed by atoms with Gasteiger partial charge in [-0.3, -0.25) is 14.6 Å². The Morgan fingerprint density at radius 1 is 1.45 bits per heavy atom. The molecule has 22 heavy (non-hydrogen) atoms. The molecule has 2 N–H and O–H groups in total. The van der Waals surface area contributed by atoms with E-state index in [1.54, 1.807) is 0 Å². The largest absolute Gasteiger partial charge is 0.374 e. The molecule has 2 aliphatic rings. The van der Waals surface area contributed by atoms with Gasteiger partial charge in [0.05, 0.1) is 19.3 Å². The number of morpholine rings is 1. The molecule has 0 aromatic heterocycles. The molecular formula is C15H27F2N3O2. The van der Waals surface area contributed by atoms with Gasteiger partial charge in [-0.25, -0.2) is 8.78 Å². The summed E-state index contributed by atoms with van der Waals surface area (Å²) in [6.45, 7) is 3.08. The standard InChI is InChI=1S/C15H27F2N3O2/c1-19(11-14(18)21)9-13-10-20(6-7-22-13)8-12-4-2-3-5-15(12,16)17/h12-13H,2-11H2,1H3,(H2,18,21). The van der Waals surface area contributed by atoms with Crippen LogP contribution in [0.3, 0.4) is 0 Å². The monoisotopic (exact) mass is 319 g/mol. The van der Waals surface area contributed by atoms with Crippen LogP contribution in [0.15, 0.2) is 0 Å². The highest BCUT2D eigenvalue weighted by Gasteiger charge is 2.42. The van der Waals surface area contributed by atoms with Crippen LogP contribution in [-0.4, -0.2) is 74.1 Å². The Kier molecular flexibility index (Phi) is 6.11. The van der Waals surface area contributed by atoms with Crippen LogP contribution in [0.5, 0.6) is 0 Å². The Morgan fingerprint density at radius 3 is 2.91 bits per heavy atom. The number of carbonyl (C=O) groups is 1. The maximum absolute atomic E-state index is 14.0. The topological polar surface area (TPSA) is 58.8 Å². The molecule has 7 heteroatoms. The van der Waals surface area contributed by atoms with E-state index in [2.05, 4.69) is 4.90 Å². The first-order valence-corrected chi connectivity index (χ1v) is 8.05. The van der Waals surface area contributed by atoms with Gasteiger partial charge in [-0.05, 0) is 19.9 Å². The lowest BCUT2D eigenvalue weighted by Crippen LogP contribution is -2.51. The first kappa shape index (κ1) is 17.6. The fourth-order valence-corrected chi connectivity index (χ4v) is 3.44. The van der Waals surface area contributed by atoms with E-state index in [4.69, 9.17) is 10.5 Å². The van der Waals surface area contributed by atoms with Gasteiger partial charge in [0.15, 0.2) is 0 Å². The SMILES string of the molecule is CN(CC(N)=O)CC1CN(CC2CCCCC2(F)F)CCO1. The Hall–Kier alpha value is -0.790. The third-order valence-electron chi connectivity index (χ3n) is 4.55. The number of alkyl halides is 2. The number of carbonyl (C=O) groups excluding carboxylic acids is 1. The van der Waals surface area contributed by atoms with Gasteiger partial charge in [-0.15, -0.1) is 0 Å². The molecule has 128 valence electrons. The van der Waals surface area contributed by atoms with Crippen LogP contribution < -0.4 is 5.73 Å². The van der Waals surface area contributed by atoms with Gasteiger partial charge < -0.3 is 10.5 Å². The first-order valence-electron chi connectivity index (χ1n) is 8.05. The highest BCUT2D eigenvalue weighted by molar-refractivity contribution is 5.75. The van der Waals surface area contributed by atoms with Gasteiger partial charge in [0.1, 0.15) is 0 Å². The van der Waals surface area contributed by atoms with E-state index in [0.717, 1.165) is 6.42 Å². The molecule has 2 atom stereocenters. The average molecular weight is 319 g/mol. The maximum atomic E-state index is 14.0. The molecule has 0 radical (unpaired) electrons. The number of nitrogens with two attached hydrogens (primary N) is 1. The number of ether oxygens (including phenoxy) is 1. The lowest BCUT2D eigenvalue weighted by atomic mass is 9.85. The minimum absolute atomic E-state index is 0.0206. The number of hydrogen-bond donors (Lipinski definition) is 1. The second-order valence-corrected chi connectivity index (χ2v) is 6.62. The summed E-state index contributed by atoms with van der Waals surface area (Å²) < 4.78 is 33.6. The van der Waals surface area contributed by atoms with Gasteiger partial charge in [0.25, 0.3) is 5.92 Å². The van der Waals surface area contributed by atoms with Crippen molar-refractivity contribution in [2.75, 3.05) is 46.4 Å². The summed E-state index contributed by atoms with van der Waals surface area (Å²) in [5.74, 6) is -3.45. The minimum Gasteiger partial charge on any atom is -0.374 e. The summed E-state index contributed by atoms with van der Waals surface area (Å²) in [6.07, 6.45) is 2.10. The predicted octanol–water partition coefficient (Wildman–Crippen LogP) is 0.930. The zero-order valence-electron chi connectivity index (χ0n) is 13.3. The zero-order chi connectivity index (χ0) is 16.2. The van der Waals surface area contributed by atoms with E-state index in [-0.39, 0.29) is 25.0 Å². The fourth-order valence-electron chi connectivity index (χ4n) is 3.44. The summed E-state index contributed by atoms with van der Waals surface area (Å²) in [4.78, 5) is 14.8. The van der Waals surface area contributed by atoms with Crippen LogP contribution >= 0.6 is 0 Å². The fraction of sp³-hybridized carbons (Fsp3) is 0.933. The third-order valence-corrected chi connectivity index (χ3v) is 4.55. The second-order valence-electron chi connectivity index (χ2n) is 6.62. The number of halogens is 2. The molecule has 1 saturated heterocycles. The van der Waals surface area contributed by atoms with Crippen LogP contribution in [0, 0.1) is 5.92 Å². The smallest absolute Gasteiger partial charge is 0.252 e. The highest BCUT2D eigenvalue weighted by Crippen LogP contribution is 2.38. The van der Waals surface area contributed by atoms with E-state index in [9.17, 15) is 13.6 Å². The normalized spacial score (nSPS) is 29.6. The van der Waals surface area contributed by atoms with Crippen LogP contribution in [0.1, 0.15) is 25.7 Å². The Labute approximate surface area is 130 Å². The van der Waals surface area contributed by atoms with Crippen LogP contribution in [-0.2, 0) is 9.53 Å². The van der Waals surface area contributed by atoms with E-state index in [1.807, 2.05) is 11.9 Å². The van der Waals surface area contributed by atoms with E-state index >= 15 is 0 Å². The van der Waals surface area contributed by atoms with Crippen LogP contribution in [0.2, 0.25) is 0 Å². The van der Waals surface area contributed by atoms with Crippen LogP contribution in [0.25, 0.3) is 0 Å². The van der Waals surface area contributed by atoms with Crippen molar-refractivity contribution >= 4 is 5.91 Å². The van der Waals surface area contributed by atoms with Gasteiger partial charge in [0, 0.05) is 38.5 Å². The number of nitrogens with zero attached hydrogens (tertiary/aromatic N) is 2. The molecule has 0 aromatic rings. The Bertz CT molecular complexity index is 382. The molecule has 0 spiro atoms. The summed E-state index contributed by atoms with van der Waals surface area (Å²) in [5, 5.41) is 0. The van der Waals surface area contributed by atoms with Gasteiger partial charge >= 0.3 is 0 Å². The molecule has 5 nitrogen and oxygen atoms in total. The molecule has 2 fully saturated rings. The number of likely N-dealkylation sites (N-methyl/N-ethyl adjacent to an activating group) is 1. The minimum atomic E-state index is -2.53. The molecule has 0 bridgehead atoms. The molecule has 2 rings (SSSR count). The second kappa shape index (κ2) is 7.66. The number of amides is 1. The van der Waals surface area contributed by atoms with Crippen molar-refractivity contribution in [2.24, 2.45) is 11.7 Å². The molecule has 1 heterocycles. The van der Waals surface area contributed by atoms with Crippen molar-refractivity contribution in [3.63, 3.8) is 0 Å². The van der Waals surface area contributed by atoms with Gasteiger partial charge in [-0.2, -0.15) is 0 Å². The van der Waals surface area contributed by atoms with Crippen molar-refractivity contribution in [2.45, 2.75) is 37.7 Å². The first-order chi connectivity index (χ1) is 10.4. The number of rotatable bonds is 6. The summed E-state index contributed by atoms with van der Waals surface area (Å²) in [7, 11) is 1.81. The summed E-state index contributed by atoms with van der Waals surface area (Å²) in [5.41, 5.74) is 5.16. The number of hydrogen-bond acceptors (Lipinski definition) is 4. The summed E-state index contributed by atoms with van der Waals surface area (Å²) >= 11 is 0. The molecule has 1 aliphatic heterocycles. The summed E-state index contributed by atoms with van der Waals surface area (Å²) in [6, 6.07) is 0. The molecule has 0 aromatic carbocycles. The van der Waals surface area contributed by atoms with Crippen molar-refractivity contribution in [1.82, 2.24) is 9.80 Å². The number of primary amides is 1. The highest BCUT2D eigenvalue weighted by atomic mass is 19.3. The quantitative estimate of drug-likeness (QED) is 0.791. The Balaban J connectivity index is 1.81. The van der Waals surface area contributed by atoms with Crippen molar-refractivity contribution in [1.29, 1.82) is 0 Å². The predicted molar refractivity (Wildman–Crippen MR) is 79.8 cm³/mol. The van der Waals surface area contributed by atoms with E-state index in [1.165, 1.54) is 0 Å². The van der Waals surface area contributed by atoms with Crippen LogP contribution in [0.4, 0.5) is 8.78 Å². The Morgan fingerprint density at radius 2 is 2.23 bits per heavy atom. The maximum Gasteiger partial charge on any atom is 0.252 e. The molecule has 1 saturated carbocycles. The third kappa shape index (κ3) is 5.14. The zero-order valence-corrected chi connectivity index (χ0v) is 13.3. The van der Waals surface area contributed by atoms with Gasteiger partial charge in [-0.1, -0.05) is 6.42 Å². The lowest BCUT2D eigenvalue weighted by Gasteiger charge is -2.39. The van der Waals surface area contributed by atoms with Crippen molar-refractivity contribution in [3.05, 3.63) is 0 Å². The lowest BCUT2D eigenvalue weighted by molar-refractivity contribution is -0.120. The molecular weight excluding hydrogens is 292 g/mol. The van der Waals surface area contributed by atoms with Crippen molar-refractivity contribution in [3.8, 4) is 0 Å². The van der Waals surface area contributed by atoms with Crippen molar-refractivity contribution < 1.29 is 18.3 Å². The molecule has 1 amide bonds. The molecule has 1 aliphatic carbocycles. The average Bonchev–Trinajstić information content (AvgIpc) is 2.40.